The second-order valence-electron chi connectivity index (χ2n) is 5.19. The van der Waals surface area contributed by atoms with Crippen LogP contribution in [0.2, 0.25) is 0 Å². The van der Waals surface area contributed by atoms with Gasteiger partial charge < -0.3 is 5.32 Å². The average Bonchev–Trinajstić information content (AvgIpc) is 2.86. The molecule has 3 heterocycles. The third-order valence-electron chi connectivity index (χ3n) is 4.07. The second kappa shape index (κ2) is 4.74. The summed E-state index contributed by atoms with van der Waals surface area (Å²) >= 11 is 0. The summed E-state index contributed by atoms with van der Waals surface area (Å²) in [7, 11) is 2.15. The van der Waals surface area contributed by atoms with Gasteiger partial charge in [0.05, 0.1) is 0 Å². The number of hydrogen-bond donors (Lipinski definition) is 1. The number of rotatable bonds is 2. The first-order chi connectivity index (χ1) is 8.77. The van der Waals surface area contributed by atoms with E-state index < -0.39 is 0 Å². The zero-order chi connectivity index (χ0) is 12.5. The smallest absolute Gasteiger partial charge is 0.160 e. The van der Waals surface area contributed by atoms with Crippen molar-refractivity contribution in [1.29, 1.82) is 0 Å². The number of nitrogens with one attached hydrogen (secondary N) is 1. The van der Waals surface area contributed by atoms with Crippen LogP contribution in [0, 0.1) is 5.92 Å². The van der Waals surface area contributed by atoms with Gasteiger partial charge in [0.15, 0.2) is 5.84 Å². The van der Waals surface area contributed by atoms with Gasteiger partial charge in [-0.3, -0.25) is 4.90 Å². The Morgan fingerprint density at radius 1 is 1.44 bits per heavy atom. The Bertz CT molecular complexity index is 448. The summed E-state index contributed by atoms with van der Waals surface area (Å²) in [6.07, 6.45) is 6.76. The highest BCUT2D eigenvalue weighted by Gasteiger charge is 2.33. The fourth-order valence-corrected chi connectivity index (χ4v) is 2.90. The Morgan fingerprint density at radius 2 is 2.33 bits per heavy atom. The van der Waals surface area contributed by atoms with E-state index in [0.717, 1.165) is 24.5 Å². The molecule has 5 nitrogen and oxygen atoms in total. The minimum Gasteiger partial charge on any atom is -0.315 e. The lowest BCUT2D eigenvalue weighted by atomic mass is 9.92. The summed E-state index contributed by atoms with van der Waals surface area (Å²) in [5, 5.41) is 3.47. The van der Waals surface area contributed by atoms with E-state index in [1.54, 1.807) is 6.34 Å². The molecule has 96 valence electrons. The number of fused-ring (bicyclic) bond motifs is 1. The van der Waals surface area contributed by atoms with Crippen molar-refractivity contribution >= 4 is 18.4 Å². The largest absolute Gasteiger partial charge is 0.315 e. The Balaban J connectivity index is 1.78. The molecular formula is C13H19N5. The lowest BCUT2D eigenvalue weighted by molar-refractivity contribution is 0.126. The number of amidine groups is 1. The third kappa shape index (κ3) is 1.93. The molecule has 1 saturated heterocycles. The molecule has 3 atom stereocenters. The molecule has 0 amide bonds. The van der Waals surface area contributed by atoms with Crippen LogP contribution in [0.15, 0.2) is 26.6 Å². The van der Waals surface area contributed by atoms with E-state index in [4.69, 9.17) is 0 Å². The van der Waals surface area contributed by atoms with Gasteiger partial charge in [-0.1, -0.05) is 6.92 Å². The molecule has 0 radical (unpaired) electrons. The van der Waals surface area contributed by atoms with E-state index in [2.05, 4.69) is 39.2 Å². The minimum atomic E-state index is 0.0624. The number of likely N-dealkylation sites (N-methyl/N-ethyl adjacent to an activating group) is 1. The molecule has 0 spiro atoms. The molecule has 3 rings (SSSR count). The van der Waals surface area contributed by atoms with Crippen LogP contribution < -0.4 is 5.32 Å². The lowest BCUT2D eigenvalue weighted by Crippen LogP contribution is -2.53. The van der Waals surface area contributed by atoms with Crippen molar-refractivity contribution in [3.63, 3.8) is 0 Å². The molecule has 1 N–H and O–H groups in total. The summed E-state index contributed by atoms with van der Waals surface area (Å²) in [4.78, 5) is 15.3. The van der Waals surface area contributed by atoms with Gasteiger partial charge in [-0.05, 0) is 32.0 Å². The van der Waals surface area contributed by atoms with E-state index in [0.29, 0.717) is 12.0 Å². The fourth-order valence-electron chi connectivity index (χ4n) is 2.90. The van der Waals surface area contributed by atoms with Crippen LogP contribution in [0.3, 0.4) is 0 Å². The predicted octanol–water partition coefficient (Wildman–Crippen LogP) is 0.693. The van der Waals surface area contributed by atoms with Crippen LogP contribution in [0.4, 0.5) is 0 Å². The van der Waals surface area contributed by atoms with Crippen LogP contribution in [0.1, 0.15) is 13.3 Å². The monoisotopic (exact) mass is 245 g/mol. The summed E-state index contributed by atoms with van der Waals surface area (Å²) in [6.45, 7) is 4.48. The second-order valence-corrected chi connectivity index (χ2v) is 5.19. The standard InChI is InChI=1S/C13H19N5/c1-9-3-5-14-7-11(9)18(2)13-10-4-6-15-12(10)16-8-17-13/h4,6,8-9,11,13-14H,3,5,7H2,1-2H3/t9-,11+,13+/m1/s1. The minimum absolute atomic E-state index is 0.0624. The maximum atomic E-state index is 4.52. The molecule has 0 bridgehead atoms. The molecule has 5 heteroatoms. The summed E-state index contributed by atoms with van der Waals surface area (Å²) in [5.41, 5.74) is 1.12. The zero-order valence-corrected chi connectivity index (χ0v) is 10.9. The summed E-state index contributed by atoms with van der Waals surface area (Å²) < 4.78 is 0. The number of nitrogens with zero attached hydrogens (tertiary/aromatic N) is 4. The van der Waals surface area contributed by atoms with E-state index >= 15 is 0 Å². The van der Waals surface area contributed by atoms with Crippen LogP contribution in [-0.2, 0) is 0 Å². The first-order valence-corrected chi connectivity index (χ1v) is 6.54. The van der Waals surface area contributed by atoms with Crippen LogP contribution in [-0.4, -0.2) is 55.6 Å². The van der Waals surface area contributed by atoms with Crippen molar-refractivity contribution in [3.05, 3.63) is 11.6 Å². The summed E-state index contributed by atoms with van der Waals surface area (Å²) in [6, 6.07) is 0.516. The Morgan fingerprint density at radius 3 is 3.17 bits per heavy atom. The van der Waals surface area contributed by atoms with Gasteiger partial charge >= 0.3 is 0 Å². The van der Waals surface area contributed by atoms with Crippen molar-refractivity contribution < 1.29 is 0 Å². The molecule has 0 saturated carbocycles. The van der Waals surface area contributed by atoms with Gasteiger partial charge in [-0.2, -0.15) is 0 Å². The van der Waals surface area contributed by atoms with Crippen LogP contribution >= 0.6 is 0 Å². The Kier molecular flexibility index (Phi) is 3.09. The fraction of sp³-hybridized carbons (Fsp3) is 0.615. The molecule has 3 aliphatic heterocycles. The highest BCUT2D eigenvalue weighted by atomic mass is 15.3. The highest BCUT2D eigenvalue weighted by molar-refractivity contribution is 6.14. The van der Waals surface area contributed by atoms with Crippen molar-refractivity contribution in [2.24, 2.45) is 20.9 Å². The van der Waals surface area contributed by atoms with Crippen LogP contribution in [0.25, 0.3) is 0 Å². The van der Waals surface area contributed by atoms with Gasteiger partial charge in [-0.15, -0.1) is 0 Å². The molecule has 0 aromatic rings. The summed E-state index contributed by atoms with van der Waals surface area (Å²) in [5.74, 6) is 1.51. The van der Waals surface area contributed by atoms with Crippen molar-refractivity contribution in [2.45, 2.75) is 25.6 Å². The first kappa shape index (κ1) is 11.7. The van der Waals surface area contributed by atoms with Gasteiger partial charge in [0.25, 0.3) is 0 Å². The number of allylic oxidation sites excluding steroid dienone is 1. The maximum Gasteiger partial charge on any atom is 0.160 e. The third-order valence-corrected chi connectivity index (χ3v) is 4.07. The van der Waals surface area contributed by atoms with Gasteiger partial charge in [-0.25, -0.2) is 15.0 Å². The predicted molar refractivity (Wildman–Crippen MR) is 74.5 cm³/mol. The molecule has 0 aromatic heterocycles. The first-order valence-electron chi connectivity index (χ1n) is 6.54. The number of aliphatic imine (C=N–C) groups is 3. The van der Waals surface area contributed by atoms with E-state index in [-0.39, 0.29) is 6.17 Å². The number of hydrogen-bond acceptors (Lipinski definition) is 5. The Labute approximate surface area is 107 Å². The average molecular weight is 245 g/mol. The van der Waals surface area contributed by atoms with Crippen LogP contribution in [0.5, 0.6) is 0 Å². The molecular weight excluding hydrogens is 226 g/mol. The highest BCUT2D eigenvalue weighted by Crippen LogP contribution is 2.25. The number of piperidine rings is 1. The molecule has 18 heavy (non-hydrogen) atoms. The van der Waals surface area contributed by atoms with E-state index in [9.17, 15) is 0 Å². The molecule has 0 aromatic carbocycles. The Hall–Kier alpha value is -1.33. The topological polar surface area (TPSA) is 52.3 Å². The van der Waals surface area contributed by atoms with Gasteiger partial charge in [0.2, 0.25) is 0 Å². The molecule has 0 aliphatic carbocycles. The van der Waals surface area contributed by atoms with E-state index in [1.807, 2.05) is 12.3 Å². The molecule has 1 fully saturated rings. The lowest BCUT2D eigenvalue weighted by Gasteiger charge is -2.40. The zero-order valence-electron chi connectivity index (χ0n) is 10.9. The quantitative estimate of drug-likeness (QED) is 0.778. The van der Waals surface area contributed by atoms with Crippen molar-refractivity contribution in [1.82, 2.24) is 10.2 Å². The van der Waals surface area contributed by atoms with E-state index in [1.165, 1.54) is 6.42 Å². The molecule has 0 unspecified atom stereocenters. The van der Waals surface area contributed by atoms with Crippen molar-refractivity contribution in [2.75, 3.05) is 20.1 Å². The normalized spacial score (nSPS) is 34.5. The van der Waals surface area contributed by atoms with Gasteiger partial charge in [0, 0.05) is 24.4 Å². The molecule has 3 aliphatic rings. The van der Waals surface area contributed by atoms with Gasteiger partial charge in [0.1, 0.15) is 12.5 Å². The SMILES string of the molecule is C[C@@H]1CCNC[C@@H]1N(C)[C@@H]1N=CN=C2N=CC=C21. The van der Waals surface area contributed by atoms with Crippen molar-refractivity contribution in [3.8, 4) is 0 Å². The maximum absolute atomic E-state index is 4.52.